The lowest BCUT2D eigenvalue weighted by molar-refractivity contribution is -0.131. The van der Waals surface area contributed by atoms with E-state index in [1.165, 1.54) is 5.39 Å². The number of hydrogen-bond donors (Lipinski definition) is 1. The number of nitrogens with one attached hydrogen (secondary N) is 1. The summed E-state index contributed by atoms with van der Waals surface area (Å²) in [5.74, 6) is 1.86. The van der Waals surface area contributed by atoms with Crippen molar-refractivity contribution in [2.24, 2.45) is 11.8 Å². The molecule has 3 aromatic rings. The maximum absolute atomic E-state index is 13.9. The Hall–Kier alpha value is -3.62. The van der Waals surface area contributed by atoms with Gasteiger partial charge >= 0.3 is 0 Å². The van der Waals surface area contributed by atoms with Crippen molar-refractivity contribution in [1.29, 1.82) is 0 Å². The molecule has 2 amide bonds. The average molecular weight is 602 g/mol. The highest BCUT2D eigenvalue weighted by molar-refractivity contribution is 5.95. The number of rotatable bonds is 15. The van der Waals surface area contributed by atoms with Crippen LogP contribution >= 0.6 is 0 Å². The van der Waals surface area contributed by atoms with Gasteiger partial charge in [-0.15, -0.1) is 0 Å². The molecule has 1 aliphatic heterocycles. The van der Waals surface area contributed by atoms with Crippen LogP contribution in [0, 0.1) is 11.8 Å². The van der Waals surface area contributed by atoms with Gasteiger partial charge in [0.25, 0.3) is 5.91 Å². The molecule has 2 atom stereocenters. The van der Waals surface area contributed by atoms with Gasteiger partial charge in [-0.3, -0.25) is 9.59 Å². The van der Waals surface area contributed by atoms with Gasteiger partial charge < -0.3 is 29.3 Å². The maximum atomic E-state index is 13.9. The molecule has 1 heterocycles. The van der Waals surface area contributed by atoms with E-state index in [0.29, 0.717) is 49.3 Å². The SMILES string of the molecule is COCCCOc1cc(C(=O)N(C[C@@H]2CNC[C@@H]2CN(C(=O)Cc2ccc3ccccc3c2)C2CC2)C(C)C)ccc1OC. The van der Waals surface area contributed by atoms with Crippen LogP contribution in [0.4, 0.5) is 0 Å². The summed E-state index contributed by atoms with van der Waals surface area (Å²) in [6, 6.07) is 20.3. The number of benzene rings is 3. The fraction of sp³-hybridized carbons (Fsp3) is 0.500. The van der Waals surface area contributed by atoms with Crippen LogP contribution in [0.2, 0.25) is 0 Å². The van der Waals surface area contributed by atoms with Crippen LogP contribution in [0.5, 0.6) is 11.5 Å². The first kappa shape index (κ1) is 31.8. The van der Waals surface area contributed by atoms with E-state index in [1.54, 1.807) is 26.4 Å². The topological polar surface area (TPSA) is 80.3 Å². The Bertz CT molecular complexity index is 1420. The van der Waals surface area contributed by atoms with Crippen LogP contribution < -0.4 is 14.8 Å². The molecule has 0 spiro atoms. The molecule has 2 fully saturated rings. The molecule has 0 aromatic heterocycles. The molecule has 2 aliphatic rings. The van der Waals surface area contributed by atoms with Gasteiger partial charge in [-0.1, -0.05) is 42.5 Å². The zero-order valence-corrected chi connectivity index (χ0v) is 26.6. The molecule has 1 N–H and O–H groups in total. The van der Waals surface area contributed by atoms with E-state index in [9.17, 15) is 9.59 Å². The first-order chi connectivity index (χ1) is 21.4. The smallest absolute Gasteiger partial charge is 0.254 e. The predicted molar refractivity (Wildman–Crippen MR) is 173 cm³/mol. The van der Waals surface area contributed by atoms with Crippen molar-refractivity contribution >= 4 is 22.6 Å². The summed E-state index contributed by atoms with van der Waals surface area (Å²) in [6.45, 7) is 8.22. The Balaban J connectivity index is 1.25. The Labute approximate surface area is 261 Å². The third-order valence-corrected chi connectivity index (χ3v) is 8.86. The minimum atomic E-state index is -0.0264. The van der Waals surface area contributed by atoms with Crippen molar-refractivity contribution in [3.8, 4) is 11.5 Å². The van der Waals surface area contributed by atoms with Crippen molar-refractivity contribution in [3.05, 3.63) is 71.8 Å². The van der Waals surface area contributed by atoms with Crippen molar-refractivity contribution in [2.45, 2.75) is 51.6 Å². The molecule has 1 saturated carbocycles. The van der Waals surface area contributed by atoms with Gasteiger partial charge in [0.15, 0.2) is 11.5 Å². The highest BCUT2D eigenvalue weighted by Crippen LogP contribution is 2.32. The third kappa shape index (κ3) is 7.90. The number of nitrogens with zero attached hydrogens (tertiary/aromatic N) is 2. The minimum absolute atomic E-state index is 0.0194. The molecule has 1 aliphatic carbocycles. The molecule has 44 heavy (non-hydrogen) atoms. The van der Waals surface area contributed by atoms with E-state index in [-0.39, 0.29) is 29.7 Å². The first-order valence-corrected chi connectivity index (χ1v) is 16.0. The third-order valence-electron chi connectivity index (χ3n) is 8.86. The van der Waals surface area contributed by atoms with Crippen LogP contribution in [0.1, 0.15) is 49.0 Å². The summed E-state index contributed by atoms with van der Waals surface area (Å²) < 4.78 is 16.6. The molecule has 0 radical (unpaired) electrons. The second-order valence-corrected chi connectivity index (χ2v) is 12.4. The highest BCUT2D eigenvalue weighted by atomic mass is 16.5. The van der Waals surface area contributed by atoms with Crippen molar-refractivity contribution in [3.63, 3.8) is 0 Å². The van der Waals surface area contributed by atoms with Crippen LogP contribution in [-0.2, 0) is 16.0 Å². The van der Waals surface area contributed by atoms with E-state index in [2.05, 4.69) is 54.4 Å². The lowest BCUT2D eigenvalue weighted by Gasteiger charge is -2.34. The summed E-state index contributed by atoms with van der Waals surface area (Å²) in [7, 11) is 3.27. The molecule has 3 aromatic carbocycles. The van der Waals surface area contributed by atoms with Crippen LogP contribution in [0.3, 0.4) is 0 Å². The zero-order chi connectivity index (χ0) is 31.1. The number of ether oxygens (including phenoxy) is 3. The van der Waals surface area contributed by atoms with Gasteiger partial charge in [0.2, 0.25) is 5.91 Å². The summed E-state index contributed by atoms with van der Waals surface area (Å²) in [5.41, 5.74) is 1.63. The van der Waals surface area contributed by atoms with Gasteiger partial charge in [0, 0.05) is 64.0 Å². The number of fused-ring (bicyclic) bond motifs is 1. The number of hydrogen-bond acceptors (Lipinski definition) is 6. The van der Waals surface area contributed by atoms with Gasteiger partial charge in [-0.05, 0) is 73.1 Å². The summed E-state index contributed by atoms with van der Waals surface area (Å²) >= 11 is 0. The van der Waals surface area contributed by atoms with Crippen molar-refractivity contribution in [2.75, 3.05) is 53.6 Å². The van der Waals surface area contributed by atoms with Gasteiger partial charge in [-0.2, -0.15) is 0 Å². The Morgan fingerprint density at radius 2 is 1.64 bits per heavy atom. The van der Waals surface area contributed by atoms with Crippen molar-refractivity contribution < 1.29 is 23.8 Å². The van der Waals surface area contributed by atoms with Gasteiger partial charge in [0.05, 0.1) is 20.1 Å². The molecular weight excluding hydrogens is 554 g/mol. The molecular formula is C36H47N3O5. The monoisotopic (exact) mass is 601 g/mol. The maximum Gasteiger partial charge on any atom is 0.254 e. The molecule has 0 unspecified atom stereocenters. The Kier molecular flexibility index (Phi) is 10.8. The summed E-state index contributed by atoms with van der Waals surface area (Å²) in [4.78, 5) is 31.6. The molecule has 1 saturated heterocycles. The minimum Gasteiger partial charge on any atom is -0.493 e. The zero-order valence-electron chi connectivity index (χ0n) is 26.6. The highest BCUT2D eigenvalue weighted by Gasteiger charge is 2.38. The van der Waals surface area contributed by atoms with E-state index in [1.807, 2.05) is 23.1 Å². The largest absolute Gasteiger partial charge is 0.493 e. The lowest BCUT2D eigenvalue weighted by atomic mass is 9.93. The average Bonchev–Trinajstić information content (AvgIpc) is 3.78. The van der Waals surface area contributed by atoms with Crippen LogP contribution in [-0.4, -0.2) is 87.3 Å². The molecule has 8 nitrogen and oxygen atoms in total. The second kappa shape index (κ2) is 14.9. The normalized spacial score (nSPS) is 18.0. The number of carbonyl (C=O) groups is 2. The predicted octanol–water partition coefficient (Wildman–Crippen LogP) is 5.18. The van der Waals surface area contributed by atoms with Gasteiger partial charge in [0.1, 0.15) is 0 Å². The fourth-order valence-electron chi connectivity index (χ4n) is 6.19. The number of methoxy groups -OCH3 is 2. The summed E-state index contributed by atoms with van der Waals surface area (Å²) in [5, 5.41) is 5.90. The Morgan fingerprint density at radius 1 is 0.886 bits per heavy atom. The van der Waals surface area contributed by atoms with Gasteiger partial charge in [-0.25, -0.2) is 0 Å². The molecule has 0 bridgehead atoms. The van der Waals surface area contributed by atoms with E-state index in [0.717, 1.165) is 49.8 Å². The fourth-order valence-corrected chi connectivity index (χ4v) is 6.19. The standard InChI is InChI=1S/C36H47N3O5/c1-25(2)38(36(41)29-12-15-33(43-4)34(20-29)44-17-7-16-42-3)23-30-21-37-22-31(30)24-39(32-13-14-32)35(40)19-26-10-11-27-8-5-6-9-28(27)18-26/h5-6,8-12,15,18,20,25,30-32,37H,7,13-14,16-17,19,21-24H2,1-4H3/t30-,31+/m0/s1. The van der Waals surface area contributed by atoms with Crippen LogP contribution in [0.15, 0.2) is 60.7 Å². The van der Waals surface area contributed by atoms with E-state index >= 15 is 0 Å². The second-order valence-electron chi connectivity index (χ2n) is 12.4. The summed E-state index contributed by atoms with van der Waals surface area (Å²) in [6.07, 6.45) is 3.29. The molecule has 5 rings (SSSR count). The first-order valence-electron chi connectivity index (χ1n) is 16.0. The quantitative estimate of drug-likeness (QED) is 0.242. The number of carbonyl (C=O) groups excluding carboxylic acids is 2. The van der Waals surface area contributed by atoms with Crippen LogP contribution in [0.25, 0.3) is 10.8 Å². The van der Waals surface area contributed by atoms with Crippen molar-refractivity contribution in [1.82, 2.24) is 15.1 Å². The molecule has 236 valence electrons. The number of amides is 2. The van der Waals surface area contributed by atoms with E-state index in [4.69, 9.17) is 14.2 Å². The van der Waals surface area contributed by atoms with E-state index < -0.39 is 0 Å². The Morgan fingerprint density at radius 3 is 2.34 bits per heavy atom. The molecule has 8 heteroatoms. The lowest BCUT2D eigenvalue weighted by Crippen LogP contribution is -2.45.